The first-order valence-electron chi connectivity index (χ1n) is 9.93. The molecule has 0 spiro atoms. The summed E-state index contributed by atoms with van der Waals surface area (Å²) in [7, 11) is 1.53. The van der Waals surface area contributed by atoms with Crippen molar-refractivity contribution in [2.75, 3.05) is 13.7 Å². The lowest BCUT2D eigenvalue weighted by Crippen LogP contribution is -2.30. The molecule has 1 aliphatic rings. The third-order valence-electron chi connectivity index (χ3n) is 5.63. The Balaban J connectivity index is 1.82. The van der Waals surface area contributed by atoms with Gasteiger partial charge in [-0.25, -0.2) is 0 Å². The second-order valence-electron chi connectivity index (χ2n) is 7.42. The van der Waals surface area contributed by atoms with Crippen molar-refractivity contribution in [1.29, 1.82) is 0 Å². The van der Waals surface area contributed by atoms with Crippen molar-refractivity contribution in [1.82, 2.24) is 9.47 Å². The second-order valence-corrected chi connectivity index (χ2v) is 7.42. The number of hydrogen-bond acceptors (Lipinski definition) is 6. The van der Waals surface area contributed by atoms with E-state index in [0.29, 0.717) is 30.0 Å². The molecule has 9 heteroatoms. The first kappa shape index (κ1) is 20.5. The molecule has 1 atom stereocenters. The average Bonchev–Trinajstić information content (AvgIpc) is 3.15. The van der Waals surface area contributed by atoms with E-state index in [1.165, 1.54) is 25.3 Å². The lowest BCUT2D eigenvalue weighted by Gasteiger charge is -2.30. The Bertz CT molecular complexity index is 1130. The largest absolute Gasteiger partial charge is 0.496 e. The van der Waals surface area contributed by atoms with Crippen LogP contribution in [0.25, 0.3) is 0 Å². The number of methoxy groups -OCH3 is 1. The fourth-order valence-electron chi connectivity index (χ4n) is 4.27. The van der Waals surface area contributed by atoms with Gasteiger partial charge in [-0.2, -0.15) is 0 Å². The normalized spacial score (nSPS) is 16.4. The average molecular weight is 422 g/mol. The summed E-state index contributed by atoms with van der Waals surface area (Å²) in [5.41, 5.74) is 2.25. The summed E-state index contributed by atoms with van der Waals surface area (Å²) in [6, 6.07) is 14.8. The van der Waals surface area contributed by atoms with Crippen molar-refractivity contribution < 1.29 is 14.6 Å². The maximum absolute atomic E-state index is 11.8. The number of para-hydroxylation sites is 1. The van der Waals surface area contributed by atoms with Crippen LogP contribution in [0, 0.1) is 20.2 Å². The van der Waals surface area contributed by atoms with E-state index in [1.807, 2.05) is 18.3 Å². The highest BCUT2D eigenvalue weighted by atomic mass is 16.6. The zero-order valence-electron chi connectivity index (χ0n) is 17.0. The number of hydrogen-bond donors (Lipinski definition) is 0. The third-order valence-corrected chi connectivity index (χ3v) is 5.63. The highest BCUT2D eigenvalue weighted by Gasteiger charge is 2.32. The number of fused-ring (bicyclic) bond motifs is 1. The van der Waals surface area contributed by atoms with E-state index in [9.17, 15) is 20.2 Å². The Kier molecular flexibility index (Phi) is 5.68. The van der Waals surface area contributed by atoms with Crippen molar-refractivity contribution in [3.05, 3.63) is 97.8 Å². The highest BCUT2D eigenvalue weighted by molar-refractivity contribution is 5.47. The molecule has 4 rings (SSSR count). The van der Waals surface area contributed by atoms with Crippen molar-refractivity contribution in [3.63, 3.8) is 0 Å². The number of rotatable bonds is 6. The van der Waals surface area contributed by atoms with Crippen LogP contribution in [0.5, 0.6) is 5.75 Å². The van der Waals surface area contributed by atoms with Crippen molar-refractivity contribution >= 4 is 11.4 Å². The minimum Gasteiger partial charge on any atom is -0.496 e. The highest BCUT2D eigenvalue weighted by Crippen LogP contribution is 2.38. The van der Waals surface area contributed by atoms with Crippen molar-refractivity contribution in [2.24, 2.45) is 0 Å². The topological polar surface area (TPSA) is 104 Å². The monoisotopic (exact) mass is 422 g/mol. The molecule has 0 unspecified atom stereocenters. The van der Waals surface area contributed by atoms with Gasteiger partial charge in [-0.15, -0.1) is 0 Å². The molecule has 3 aromatic rings. The van der Waals surface area contributed by atoms with Gasteiger partial charge < -0.3 is 9.30 Å². The molecule has 2 aromatic carbocycles. The van der Waals surface area contributed by atoms with Gasteiger partial charge in [-0.1, -0.05) is 18.2 Å². The number of aryl methyl sites for hydroxylation is 1. The lowest BCUT2D eigenvalue weighted by atomic mass is 9.99. The van der Waals surface area contributed by atoms with Gasteiger partial charge in [0.2, 0.25) is 0 Å². The molecule has 0 amide bonds. The number of non-ortho nitro benzene ring substituents is 1. The molecule has 1 aromatic heterocycles. The van der Waals surface area contributed by atoms with Gasteiger partial charge in [0.15, 0.2) is 0 Å². The third kappa shape index (κ3) is 3.99. The molecule has 31 heavy (non-hydrogen) atoms. The number of nitro groups is 2. The van der Waals surface area contributed by atoms with Gasteiger partial charge in [0.1, 0.15) is 5.75 Å². The van der Waals surface area contributed by atoms with Crippen LogP contribution in [0.4, 0.5) is 11.4 Å². The molecule has 0 fully saturated rings. The molecule has 0 bridgehead atoms. The van der Waals surface area contributed by atoms with E-state index in [4.69, 9.17) is 4.74 Å². The first-order chi connectivity index (χ1) is 15.0. The summed E-state index contributed by atoms with van der Waals surface area (Å²) in [5, 5.41) is 23.1. The SMILES string of the molecule is COc1ccc([N+](=O)[O-])cc1CN1CCCn2cccc2[C@@H]1c1ccccc1[N+](=O)[O-]. The fourth-order valence-corrected chi connectivity index (χ4v) is 4.27. The molecule has 0 saturated carbocycles. The lowest BCUT2D eigenvalue weighted by molar-refractivity contribution is -0.386. The number of aromatic nitrogens is 1. The zero-order valence-corrected chi connectivity index (χ0v) is 17.0. The van der Waals surface area contributed by atoms with Crippen LogP contribution in [0.15, 0.2) is 60.8 Å². The number of benzene rings is 2. The van der Waals surface area contributed by atoms with Crippen LogP contribution in [-0.2, 0) is 13.1 Å². The summed E-state index contributed by atoms with van der Waals surface area (Å²) in [6.07, 6.45) is 2.82. The van der Waals surface area contributed by atoms with Gasteiger partial charge in [-0.05, 0) is 24.6 Å². The Labute approximate surface area is 178 Å². The Morgan fingerprint density at radius 3 is 2.58 bits per heavy atom. The minimum absolute atomic E-state index is 0.0174. The maximum Gasteiger partial charge on any atom is 0.274 e. The van der Waals surface area contributed by atoms with Crippen LogP contribution in [0.1, 0.15) is 29.3 Å². The Hall–Kier alpha value is -3.72. The number of nitro benzene ring substituents is 2. The van der Waals surface area contributed by atoms with Gasteiger partial charge in [0.25, 0.3) is 11.4 Å². The standard InChI is InChI=1S/C22H22N4O5/c1-31-21-10-9-17(25(27)28)14-16(21)15-24-13-5-12-23-11-4-8-20(23)22(24)18-6-2-3-7-19(18)26(29)30/h2-4,6-11,14,22H,5,12-13,15H2,1H3/t22-/m0/s1. The summed E-state index contributed by atoms with van der Waals surface area (Å²) >= 11 is 0. The van der Waals surface area contributed by atoms with E-state index < -0.39 is 4.92 Å². The van der Waals surface area contributed by atoms with E-state index in [1.54, 1.807) is 24.3 Å². The predicted octanol–water partition coefficient (Wildman–Crippen LogP) is 4.31. The Morgan fingerprint density at radius 1 is 1.03 bits per heavy atom. The molecule has 160 valence electrons. The van der Waals surface area contributed by atoms with Crippen LogP contribution in [0.3, 0.4) is 0 Å². The second kappa shape index (κ2) is 8.57. The predicted molar refractivity (Wildman–Crippen MR) is 114 cm³/mol. The quantitative estimate of drug-likeness (QED) is 0.433. The molecule has 0 radical (unpaired) electrons. The molecule has 2 heterocycles. The summed E-state index contributed by atoms with van der Waals surface area (Å²) in [5.74, 6) is 0.548. The number of nitrogens with zero attached hydrogens (tertiary/aromatic N) is 4. The molecule has 0 N–H and O–H groups in total. The summed E-state index contributed by atoms with van der Waals surface area (Å²) < 4.78 is 7.56. The molecule has 0 saturated heterocycles. The molecule has 0 aliphatic carbocycles. The van der Waals surface area contributed by atoms with E-state index in [2.05, 4.69) is 9.47 Å². The van der Waals surface area contributed by atoms with E-state index in [0.717, 1.165) is 18.7 Å². The van der Waals surface area contributed by atoms with Crippen molar-refractivity contribution in [3.8, 4) is 5.75 Å². The molecular weight excluding hydrogens is 400 g/mol. The first-order valence-corrected chi connectivity index (χ1v) is 9.93. The summed E-state index contributed by atoms with van der Waals surface area (Å²) in [6.45, 7) is 1.82. The molecule has 1 aliphatic heterocycles. The van der Waals surface area contributed by atoms with Gasteiger partial charge in [0, 0.05) is 55.3 Å². The minimum atomic E-state index is -0.434. The zero-order chi connectivity index (χ0) is 22.0. The molecule has 9 nitrogen and oxygen atoms in total. The van der Waals surface area contributed by atoms with Crippen LogP contribution in [0.2, 0.25) is 0 Å². The van der Waals surface area contributed by atoms with Crippen molar-refractivity contribution in [2.45, 2.75) is 25.6 Å². The number of ether oxygens (including phenoxy) is 1. The summed E-state index contributed by atoms with van der Waals surface area (Å²) in [4.78, 5) is 24.4. The van der Waals surface area contributed by atoms with Crippen LogP contribution in [-0.4, -0.2) is 33.0 Å². The van der Waals surface area contributed by atoms with Crippen LogP contribution < -0.4 is 4.74 Å². The maximum atomic E-state index is 11.8. The van der Waals surface area contributed by atoms with E-state index in [-0.39, 0.29) is 22.3 Å². The smallest absolute Gasteiger partial charge is 0.274 e. The van der Waals surface area contributed by atoms with E-state index >= 15 is 0 Å². The Morgan fingerprint density at radius 2 is 1.84 bits per heavy atom. The van der Waals surface area contributed by atoms with Gasteiger partial charge >= 0.3 is 0 Å². The fraction of sp³-hybridized carbons (Fsp3) is 0.273. The van der Waals surface area contributed by atoms with Gasteiger partial charge in [-0.3, -0.25) is 25.1 Å². The van der Waals surface area contributed by atoms with Gasteiger partial charge in [0.05, 0.1) is 28.6 Å². The molecular formula is C22H22N4O5. The van der Waals surface area contributed by atoms with Crippen LogP contribution >= 0.6 is 0 Å².